The molecule has 12 nitrogen and oxygen atoms in total. The number of fused-ring (bicyclic) bond motifs is 5. The number of aromatic nitrogens is 3. The SMILES string of the molecule is CCCc1c[nH]c2c(OS(=O)(=O)c3ccc(C)cc3)cc3c(c12)C(CF)CN3C(=O)c1cnc2c(n1)C=CC(C)(OC(=O)Nc1cc3ccccc3o1)C2C. The van der Waals surface area contributed by atoms with Crippen molar-refractivity contribution in [3.05, 3.63) is 113 Å². The predicted octanol–water partition coefficient (Wildman–Crippen LogP) is 8.58. The van der Waals surface area contributed by atoms with Gasteiger partial charge in [-0.2, -0.15) is 8.42 Å². The summed E-state index contributed by atoms with van der Waals surface area (Å²) in [7, 11) is -4.27. The molecule has 0 radical (unpaired) electrons. The molecule has 1 aliphatic heterocycles. The summed E-state index contributed by atoms with van der Waals surface area (Å²) in [5, 5.41) is 4.12. The number of ether oxygens (including phenoxy) is 1. The fourth-order valence-corrected chi connectivity index (χ4v) is 8.33. The van der Waals surface area contributed by atoms with Crippen LogP contribution in [0.1, 0.15) is 77.6 Å². The first-order valence-electron chi connectivity index (χ1n) is 18.0. The third-order valence-electron chi connectivity index (χ3n) is 10.4. The number of para-hydroxylation sites is 1. The number of benzene rings is 3. The molecule has 2 N–H and O–H groups in total. The van der Waals surface area contributed by atoms with Crippen LogP contribution >= 0.6 is 0 Å². The van der Waals surface area contributed by atoms with E-state index in [1.807, 2.05) is 39.0 Å². The number of alkyl halides is 1. The van der Waals surface area contributed by atoms with Crippen LogP contribution in [0.5, 0.6) is 5.75 Å². The lowest BCUT2D eigenvalue weighted by atomic mass is 9.82. The van der Waals surface area contributed by atoms with Crippen LogP contribution in [0.15, 0.2) is 88.4 Å². The molecule has 1 aliphatic carbocycles. The number of hydrogen-bond acceptors (Lipinski definition) is 9. The average molecular weight is 764 g/mol. The number of nitrogens with zero attached hydrogens (tertiary/aromatic N) is 3. The van der Waals surface area contributed by atoms with Gasteiger partial charge in [-0.3, -0.25) is 19.5 Å². The summed E-state index contributed by atoms with van der Waals surface area (Å²) in [6.07, 6.45) is 7.18. The van der Waals surface area contributed by atoms with Gasteiger partial charge in [-0.25, -0.2) is 9.78 Å². The van der Waals surface area contributed by atoms with E-state index in [4.69, 9.17) is 13.3 Å². The molecule has 0 bridgehead atoms. The highest BCUT2D eigenvalue weighted by atomic mass is 32.2. The van der Waals surface area contributed by atoms with E-state index in [-0.39, 0.29) is 28.8 Å². The molecule has 282 valence electrons. The van der Waals surface area contributed by atoms with Crippen LogP contribution in [0, 0.1) is 6.92 Å². The van der Waals surface area contributed by atoms with Gasteiger partial charge in [0.15, 0.2) is 5.75 Å². The molecule has 4 heterocycles. The topological polar surface area (TPSA) is 157 Å². The number of carbonyl (C=O) groups is 2. The second-order valence-electron chi connectivity index (χ2n) is 14.2. The van der Waals surface area contributed by atoms with Crippen molar-refractivity contribution < 1.29 is 35.7 Å². The van der Waals surface area contributed by atoms with E-state index in [1.165, 1.54) is 29.3 Å². The quantitative estimate of drug-likeness (QED) is 0.138. The molecule has 3 aromatic heterocycles. The van der Waals surface area contributed by atoms with Crippen molar-refractivity contribution in [2.24, 2.45) is 0 Å². The van der Waals surface area contributed by atoms with Crippen LogP contribution in [-0.4, -0.2) is 54.2 Å². The molecule has 0 fully saturated rings. The van der Waals surface area contributed by atoms with Crippen LogP contribution in [0.25, 0.3) is 27.9 Å². The summed E-state index contributed by atoms with van der Waals surface area (Å²) in [5.74, 6) is -1.43. The summed E-state index contributed by atoms with van der Waals surface area (Å²) in [5.41, 5.74) is 3.55. The molecule has 3 unspecified atom stereocenters. The Kier molecular flexibility index (Phi) is 8.95. The standard InChI is InChI=1S/C41H38FN5O7S/c1-5-8-26-20-43-38-33(54-55(50,51)28-13-11-23(2)12-14-28)18-31-35(36(26)38)27(19-42)22-47(31)39(48)30-21-44-37-24(3)41(4,16-15-29(37)45-30)53-40(49)46-34-17-25-9-6-7-10-32(25)52-34/h6-7,9-18,20-21,24,27,43H,5,8,19,22H2,1-4H3,(H,46,49). The van der Waals surface area contributed by atoms with Crippen LogP contribution in [-0.2, 0) is 21.3 Å². The number of carbonyl (C=O) groups excluding carboxylic acids is 2. The summed E-state index contributed by atoms with van der Waals surface area (Å²) >= 11 is 0. The second-order valence-corrected chi connectivity index (χ2v) is 15.7. The van der Waals surface area contributed by atoms with Gasteiger partial charge in [0.05, 0.1) is 35.5 Å². The van der Waals surface area contributed by atoms with Gasteiger partial charge in [0.2, 0.25) is 5.88 Å². The van der Waals surface area contributed by atoms with Gasteiger partial charge in [-0.15, -0.1) is 0 Å². The summed E-state index contributed by atoms with van der Waals surface area (Å²) in [6.45, 7) is 6.72. The van der Waals surface area contributed by atoms with Crippen molar-refractivity contribution in [2.75, 3.05) is 23.4 Å². The lowest BCUT2D eigenvalue weighted by Gasteiger charge is -2.35. The maximum atomic E-state index is 14.8. The molecule has 55 heavy (non-hydrogen) atoms. The van der Waals surface area contributed by atoms with Gasteiger partial charge in [0, 0.05) is 47.5 Å². The van der Waals surface area contributed by atoms with Crippen LogP contribution in [0.4, 0.5) is 20.8 Å². The van der Waals surface area contributed by atoms with Crippen molar-refractivity contribution >= 4 is 61.6 Å². The number of aryl methyl sites for hydroxylation is 2. The third-order valence-corrected chi connectivity index (χ3v) is 11.7. The van der Waals surface area contributed by atoms with Crippen LogP contribution in [0.3, 0.4) is 0 Å². The van der Waals surface area contributed by atoms with Crippen molar-refractivity contribution in [2.45, 2.75) is 62.9 Å². The number of aromatic amines is 1. The zero-order valence-electron chi connectivity index (χ0n) is 30.6. The fraction of sp³-hybridized carbons (Fsp3) is 0.268. The second kappa shape index (κ2) is 13.7. The molecule has 0 saturated heterocycles. The monoisotopic (exact) mass is 763 g/mol. The third kappa shape index (κ3) is 6.39. The van der Waals surface area contributed by atoms with Gasteiger partial charge in [0.25, 0.3) is 5.91 Å². The number of halogens is 1. The van der Waals surface area contributed by atoms with Crippen LogP contribution < -0.4 is 14.4 Å². The molecule has 14 heteroatoms. The first-order valence-corrected chi connectivity index (χ1v) is 19.4. The van der Waals surface area contributed by atoms with E-state index in [1.54, 1.807) is 49.5 Å². The lowest BCUT2D eigenvalue weighted by Crippen LogP contribution is -2.39. The van der Waals surface area contributed by atoms with E-state index in [2.05, 4.69) is 20.3 Å². The van der Waals surface area contributed by atoms with E-state index in [9.17, 15) is 22.4 Å². The maximum Gasteiger partial charge on any atom is 0.414 e. The Labute approximate surface area is 316 Å². The molecule has 3 aromatic carbocycles. The number of furan rings is 1. The normalized spacial score (nSPS) is 19.0. The summed E-state index contributed by atoms with van der Waals surface area (Å²) in [6, 6.07) is 16.9. The van der Waals surface area contributed by atoms with Crippen molar-refractivity contribution in [1.29, 1.82) is 0 Å². The highest BCUT2D eigenvalue weighted by Gasteiger charge is 2.41. The molecule has 6 aromatic rings. The van der Waals surface area contributed by atoms with Gasteiger partial charge < -0.3 is 23.2 Å². The molecule has 2 amide bonds. The smallest absolute Gasteiger partial charge is 0.414 e. The van der Waals surface area contributed by atoms with E-state index >= 15 is 0 Å². The molecule has 0 spiro atoms. The Morgan fingerprint density at radius 2 is 1.93 bits per heavy atom. The molecular formula is C41H38FN5O7S. The van der Waals surface area contributed by atoms with Crippen molar-refractivity contribution in [3.8, 4) is 5.75 Å². The highest BCUT2D eigenvalue weighted by molar-refractivity contribution is 7.87. The number of hydrogen-bond donors (Lipinski definition) is 2. The minimum absolute atomic E-state index is 0.00192. The zero-order chi connectivity index (χ0) is 38.6. The first kappa shape index (κ1) is 36.0. The number of H-pyrrole nitrogens is 1. The maximum absolute atomic E-state index is 14.8. The number of anilines is 2. The molecule has 2 aliphatic rings. The molecule has 3 atom stereocenters. The number of rotatable bonds is 9. The van der Waals surface area contributed by atoms with E-state index < -0.39 is 46.2 Å². The molecular weight excluding hydrogens is 726 g/mol. The number of nitrogens with one attached hydrogen (secondary N) is 2. The zero-order valence-corrected chi connectivity index (χ0v) is 31.4. The predicted molar refractivity (Wildman–Crippen MR) is 206 cm³/mol. The van der Waals surface area contributed by atoms with Crippen molar-refractivity contribution in [1.82, 2.24) is 15.0 Å². The van der Waals surface area contributed by atoms with E-state index in [0.29, 0.717) is 45.5 Å². The summed E-state index contributed by atoms with van der Waals surface area (Å²) in [4.78, 5) is 41.1. The minimum atomic E-state index is -4.27. The highest BCUT2D eigenvalue weighted by Crippen LogP contribution is 2.48. The Bertz CT molecular complexity index is 2600. The van der Waals surface area contributed by atoms with E-state index in [0.717, 1.165) is 22.9 Å². The summed E-state index contributed by atoms with van der Waals surface area (Å²) < 4.78 is 59.2. The van der Waals surface area contributed by atoms with Gasteiger partial charge >= 0.3 is 16.2 Å². The molecule has 8 rings (SSSR count). The number of amides is 2. The first-order chi connectivity index (χ1) is 26.4. The Balaban J connectivity index is 1.09. The minimum Gasteiger partial charge on any atom is -0.440 e. The fourth-order valence-electron chi connectivity index (χ4n) is 7.40. The van der Waals surface area contributed by atoms with Crippen LogP contribution in [0.2, 0.25) is 0 Å². The van der Waals surface area contributed by atoms with Gasteiger partial charge in [-0.05, 0) is 61.7 Å². The van der Waals surface area contributed by atoms with Gasteiger partial charge in [0.1, 0.15) is 21.8 Å². The Hall–Kier alpha value is -6.02. The molecule has 0 saturated carbocycles. The Morgan fingerprint density at radius 3 is 2.67 bits per heavy atom. The van der Waals surface area contributed by atoms with Crippen molar-refractivity contribution in [3.63, 3.8) is 0 Å². The average Bonchev–Trinajstić information content (AvgIpc) is 3.88. The largest absolute Gasteiger partial charge is 0.440 e. The van der Waals surface area contributed by atoms with Gasteiger partial charge in [-0.1, -0.05) is 56.2 Å². The Morgan fingerprint density at radius 1 is 1.15 bits per heavy atom. The lowest BCUT2D eigenvalue weighted by molar-refractivity contribution is 0.0518.